The number of benzene rings is 2. The Morgan fingerprint density at radius 3 is 2.62 bits per heavy atom. The Kier molecular flexibility index (Phi) is 7.08. The van der Waals surface area contributed by atoms with Gasteiger partial charge in [0.05, 0.1) is 22.2 Å². The molecule has 3 aromatic rings. The second-order valence-corrected chi connectivity index (χ2v) is 10.6. The average Bonchev–Trinajstić information content (AvgIpc) is 3.46. The number of aromatic nitrogens is 2. The first-order chi connectivity index (χ1) is 17.7. The molecule has 0 atom stereocenters. The number of nitrogens with zero attached hydrogens (tertiary/aromatic N) is 3. The number of rotatable bonds is 5. The van der Waals surface area contributed by atoms with Crippen LogP contribution in [0.15, 0.2) is 47.5 Å². The highest BCUT2D eigenvalue weighted by Crippen LogP contribution is 2.42. The highest BCUT2D eigenvalue weighted by molar-refractivity contribution is 8.18. The van der Waals surface area contributed by atoms with E-state index in [1.165, 1.54) is 17.0 Å². The summed E-state index contributed by atoms with van der Waals surface area (Å²) in [5.74, 6) is -0.449. The van der Waals surface area contributed by atoms with Crippen LogP contribution < -0.4 is 0 Å². The van der Waals surface area contributed by atoms with Gasteiger partial charge in [0.25, 0.3) is 11.1 Å². The molecular formula is C26H24ClF3N4O2S. The van der Waals surface area contributed by atoms with Gasteiger partial charge in [-0.1, -0.05) is 30.7 Å². The standard InChI is InChI=1S/C26H24ClF3N4O2S/c1-2-33-9-7-19(8-10-33)34-24(35)23(37-25(34)36)20(15-4-6-22-17(11-15)14-31-32-22)12-16-3-5-18(27)13-21(16)26(28,29)30/h3-6,11,13-14,19H,2,7-10,12H2,1H3,(H,31,32)/b23-20-. The molecule has 0 bridgehead atoms. The number of likely N-dealkylation sites (tertiary alicyclic amines) is 1. The van der Waals surface area contributed by atoms with E-state index in [0.717, 1.165) is 48.4 Å². The van der Waals surface area contributed by atoms with E-state index < -0.39 is 17.6 Å². The van der Waals surface area contributed by atoms with Crippen LogP contribution in [0.5, 0.6) is 0 Å². The zero-order valence-electron chi connectivity index (χ0n) is 19.9. The van der Waals surface area contributed by atoms with Gasteiger partial charge in [0, 0.05) is 29.5 Å². The third-order valence-electron chi connectivity index (χ3n) is 6.98. The molecule has 5 rings (SSSR count). The average molecular weight is 549 g/mol. The minimum absolute atomic E-state index is 0.0257. The minimum Gasteiger partial charge on any atom is -0.303 e. The maximum absolute atomic E-state index is 13.9. The molecule has 0 radical (unpaired) electrons. The number of H-pyrrole nitrogens is 1. The van der Waals surface area contributed by atoms with Gasteiger partial charge >= 0.3 is 6.18 Å². The van der Waals surface area contributed by atoms with E-state index in [-0.39, 0.29) is 33.2 Å². The molecule has 2 fully saturated rings. The van der Waals surface area contributed by atoms with E-state index in [4.69, 9.17) is 11.6 Å². The number of aromatic amines is 1. The molecule has 2 aromatic carbocycles. The summed E-state index contributed by atoms with van der Waals surface area (Å²) in [7, 11) is 0. The predicted molar refractivity (Wildman–Crippen MR) is 138 cm³/mol. The molecule has 2 amide bonds. The second kappa shape index (κ2) is 10.2. The Morgan fingerprint density at radius 2 is 1.92 bits per heavy atom. The van der Waals surface area contributed by atoms with Gasteiger partial charge in [0.2, 0.25) is 0 Å². The highest BCUT2D eigenvalue weighted by atomic mass is 35.5. The van der Waals surface area contributed by atoms with Gasteiger partial charge in [-0.2, -0.15) is 18.3 Å². The van der Waals surface area contributed by atoms with Crippen LogP contribution in [0.1, 0.15) is 36.5 Å². The van der Waals surface area contributed by atoms with Crippen LogP contribution in [0.25, 0.3) is 16.5 Å². The third-order valence-corrected chi connectivity index (χ3v) is 8.21. The van der Waals surface area contributed by atoms with Crippen molar-refractivity contribution in [1.82, 2.24) is 20.0 Å². The smallest absolute Gasteiger partial charge is 0.303 e. The Morgan fingerprint density at radius 1 is 1.16 bits per heavy atom. The number of alkyl halides is 3. The SMILES string of the molecule is CCN1CCC(N2C(=O)S/C(=C(/Cc3ccc(Cl)cc3C(F)(F)F)c3ccc4[nH]ncc4c3)C2=O)CC1. The van der Waals surface area contributed by atoms with E-state index in [2.05, 4.69) is 22.0 Å². The molecule has 2 aliphatic rings. The van der Waals surface area contributed by atoms with Crippen molar-refractivity contribution in [3.8, 4) is 0 Å². The first kappa shape index (κ1) is 25.8. The van der Waals surface area contributed by atoms with Crippen LogP contribution in [-0.4, -0.2) is 56.8 Å². The molecular weight excluding hydrogens is 525 g/mol. The molecule has 0 saturated carbocycles. The van der Waals surface area contributed by atoms with Gasteiger partial charge < -0.3 is 4.90 Å². The predicted octanol–water partition coefficient (Wildman–Crippen LogP) is 6.37. The summed E-state index contributed by atoms with van der Waals surface area (Å²) in [4.78, 5) is 30.5. The number of carbonyl (C=O) groups is 2. The zero-order valence-corrected chi connectivity index (χ0v) is 21.5. The molecule has 0 aliphatic carbocycles. The number of thioether (sulfide) groups is 1. The van der Waals surface area contributed by atoms with Gasteiger partial charge in [-0.3, -0.25) is 19.6 Å². The van der Waals surface area contributed by atoms with Crippen molar-refractivity contribution in [2.45, 2.75) is 38.4 Å². The number of allylic oxidation sites excluding steroid dienone is 1. The minimum atomic E-state index is -4.63. The van der Waals surface area contributed by atoms with E-state index >= 15 is 0 Å². The van der Waals surface area contributed by atoms with Crippen LogP contribution in [0.3, 0.4) is 0 Å². The Hall–Kier alpha value is -2.82. The van der Waals surface area contributed by atoms with Crippen molar-refractivity contribution in [2.24, 2.45) is 0 Å². The lowest BCUT2D eigenvalue weighted by Crippen LogP contribution is -2.46. The molecule has 3 heterocycles. The highest BCUT2D eigenvalue weighted by Gasteiger charge is 2.43. The molecule has 1 N–H and O–H groups in total. The fourth-order valence-electron chi connectivity index (χ4n) is 4.97. The molecule has 194 valence electrons. The first-order valence-corrected chi connectivity index (χ1v) is 13.1. The number of hydrogen-bond donors (Lipinski definition) is 1. The van der Waals surface area contributed by atoms with Crippen molar-refractivity contribution in [3.63, 3.8) is 0 Å². The topological polar surface area (TPSA) is 69.3 Å². The Bertz CT molecular complexity index is 1400. The number of carbonyl (C=O) groups excluding carboxylic acids is 2. The molecule has 0 spiro atoms. The molecule has 1 aromatic heterocycles. The van der Waals surface area contributed by atoms with Gasteiger partial charge in [-0.25, -0.2) is 0 Å². The van der Waals surface area contributed by atoms with Crippen LogP contribution >= 0.6 is 23.4 Å². The van der Waals surface area contributed by atoms with Gasteiger partial charge in [0.15, 0.2) is 0 Å². The third kappa shape index (κ3) is 5.15. The Balaban J connectivity index is 1.59. The van der Waals surface area contributed by atoms with Crippen molar-refractivity contribution in [1.29, 1.82) is 0 Å². The Labute approximate surface area is 220 Å². The first-order valence-electron chi connectivity index (χ1n) is 12.0. The summed E-state index contributed by atoms with van der Waals surface area (Å²) in [5.41, 5.74) is 0.785. The molecule has 0 unspecified atom stereocenters. The molecule has 6 nitrogen and oxygen atoms in total. The number of amides is 2. The zero-order chi connectivity index (χ0) is 26.3. The van der Waals surface area contributed by atoms with Crippen LogP contribution in [-0.2, 0) is 17.4 Å². The summed E-state index contributed by atoms with van der Waals surface area (Å²) >= 11 is 6.69. The number of imide groups is 1. The van der Waals surface area contributed by atoms with Crippen LogP contribution in [0, 0.1) is 0 Å². The quantitative estimate of drug-likeness (QED) is 0.375. The van der Waals surface area contributed by atoms with Crippen LogP contribution in [0.2, 0.25) is 5.02 Å². The molecule has 11 heteroatoms. The maximum Gasteiger partial charge on any atom is 0.416 e. The lowest BCUT2D eigenvalue weighted by molar-refractivity contribution is -0.138. The normalized spacial score (nSPS) is 19.3. The number of nitrogens with one attached hydrogen (secondary N) is 1. The van der Waals surface area contributed by atoms with Gasteiger partial charge in [-0.15, -0.1) is 0 Å². The number of fused-ring (bicyclic) bond motifs is 1. The van der Waals surface area contributed by atoms with E-state index in [1.54, 1.807) is 24.4 Å². The monoisotopic (exact) mass is 548 g/mol. The number of halogens is 4. The van der Waals surface area contributed by atoms with E-state index in [9.17, 15) is 22.8 Å². The second-order valence-electron chi connectivity index (χ2n) is 9.16. The fraction of sp³-hybridized carbons (Fsp3) is 0.346. The maximum atomic E-state index is 13.9. The summed E-state index contributed by atoms with van der Waals surface area (Å²) < 4.78 is 41.7. The van der Waals surface area contributed by atoms with Crippen LogP contribution in [0.4, 0.5) is 18.0 Å². The number of hydrogen-bond acceptors (Lipinski definition) is 5. The molecule has 2 aliphatic heterocycles. The van der Waals surface area contributed by atoms with Crippen molar-refractivity contribution < 1.29 is 22.8 Å². The number of piperidine rings is 1. The van der Waals surface area contributed by atoms with Crippen molar-refractivity contribution in [3.05, 3.63) is 69.2 Å². The fourth-order valence-corrected chi connectivity index (χ4v) is 6.15. The van der Waals surface area contributed by atoms with Crippen molar-refractivity contribution >= 4 is 51.0 Å². The van der Waals surface area contributed by atoms with Crippen molar-refractivity contribution in [2.75, 3.05) is 19.6 Å². The largest absolute Gasteiger partial charge is 0.416 e. The van der Waals surface area contributed by atoms with E-state index in [1.807, 2.05) is 0 Å². The summed E-state index contributed by atoms with van der Waals surface area (Å²) in [5, 5.41) is 7.18. The lowest BCUT2D eigenvalue weighted by atomic mass is 9.93. The summed E-state index contributed by atoms with van der Waals surface area (Å²) in [6, 6.07) is 8.64. The van der Waals surface area contributed by atoms with Gasteiger partial charge in [-0.05, 0) is 78.5 Å². The van der Waals surface area contributed by atoms with E-state index in [0.29, 0.717) is 24.0 Å². The molecule has 2 saturated heterocycles. The molecule has 37 heavy (non-hydrogen) atoms. The summed E-state index contributed by atoms with van der Waals surface area (Å²) in [6.07, 6.45) is -1.88. The van der Waals surface area contributed by atoms with Gasteiger partial charge in [0.1, 0.15) is 0 Å². The lowest BCUT2D eigenvalue weighted by Gasteiger charge is -2.34. The summed E-state index contributed by atoms with van der Waals surface area (Å²) in [6.45, 7) is 4.54.